The lowest BCUT2D eigenvalue weighted by Crippen LogP contribution is -2.29. The summed E-state index contributed by atoms with van der Waals surface area (Å²) in [5.74, 6) is 0.316. The van der Waals surface area contributed by atoms with Crippen molar-refractivity contribution < 1.29 is 19.2 Å². The standard InChI is InChI=1S/C13H19NO4S/c1-2-10(15)5-3-6-11(16)7-4-8-14-12(17)9-19-13(14)18/h2-9H2,1H3. The summed E-state index contributed by atoms with van der Waals surface area (Å²) in [5.41, 5.74) is 0. The van der Waals surface area contributed by atoms with Gasteiger partial charge in [-0.15, -0.1) is 0 Å². The largest absolute Gasteiger partial charge is 0.300 e. The molecule has 0 saturated carbocycles. The first-order valence-electron chi connectivity index (χ1n) is 6.55. The first kappa shape index (κ1) is 15.9. The zero-order chi connectivity index (χ0) is 14.3. The van der Waals surface area contributed by atoms with E-state index in [2.05, 4.69) is 0 Å². The Labute approximate surface area is 117 Å². The summed E-state index contributed by atoms with van der Waals surface area (Å²) in [5, 5.41) is -0.217. The summed E-state index contributed by atoms with van der Waals surface area (Å²) in [6.07, 6.45) is 2.86. The molecule has 0 spiro atoms. The average molecular weight is 285 g/mol. The molecule has 0 aromatic rings. The summed E-state index contributed by atoms with van der Waals surface area (Å²) in [6, 6.07) is 0. The fourth-order valence-corrected chi connectivity index (χ4v) is 2.57. The molecule has 0 N–H and O–H groups in total. The number of ketones is 2. The number of rotatable bonds is 9. The second-order valence-electron chi connectivity index (χ2n) is 4.49. The Kier molecular flexibility index (Phi) is 6.77. The molecule has 0 aliphatic carbocycles. The minimum Gasteiger partial charge on any atom is -0.300 e. The Bertz CT molecular complexity index is 365. The summed E-state index contributed by atoms with van der Waals surface area (Å²) >= 11 is 1.01. The number of amides is 2. The van der Waals surface area contributed by atoms with E-state index in [9.17, 15) is 19.2 Å². The van der Waals surface area contributed by atoms with Crippen LogP contribution in [0, 0.1) is 0 Å². The Morgan fingerprint density at radius 3 is 2.32 bits per heavy atom. The molecule has 106 valence electrons. The van der Waals surface area contributed by atoms with Gasteiger partial charge in [0.2, 0.25) is 5.91 Å². The number of thioether (sulfide) groups is 1. The van der Waals surface area contributed by atoms with Crippen LogP contribution in [-0.2, 0) is 14.4 Å². The first-order valence-corrected chi connectivity index (χ1v) is 7.53. The molecular weight excluding hydrogens is 266 g/mol. The lowest BCUT2D eigenvalue weighted by atomic mass is 10.1. The van der Waals surface area contributed by atoms with Crippen LogP contribution in [0.2, 0.25) is 0 Å². The van der Waals surface area contributed by atoms with Crippen LogP contribution in [0.3, 0.4) is 0 Å². The second-order valence-corrected chi connectivity index (χ2v) is 5.41. The topological polar surface area (TPSA) is 71.5 Å². The maximum atomic E-state index is 11.5. The van der Waals surface area contributed by atoms with Gasteiger partial charge in [0.15, 0.2) is 0 Å². The molecule has 1 rings (SSSR count). The summed E-state index contributed by atoms with van der Waals surface area (Å²) in [6.45, 7) is 2.14. The van der Waals surface area contributed by atoms with Crippen molar-refractivity contribution in [1.82, 2.24) is 4.90 Å². The smallest absolute Gasteiger partial charge is 0.288 e. The SMILES string of the molecule is CCC(=O)CCCC(=O)CCCN1C(=O)CSC1=O. The van der Waals surface area contributed by atoms with Gasteiger partial charge >= 0.3 is 0 Å². The van der Waals surface area contributed by atoms with Crippen molar-refractivity contribution in [3.63, 3.8) is 0 Å². The molecule has 0 atom stereocenters. The molecule has 0 bridgehead atoms. The predicted octanol–water partition coefficient (Wildman–Crippen LogP) is 2.18. The van der Waals surface area contributed by atoms with Crippen molar-refractivity contribution in [3.05, 3.63) is 0 Å². The number of imide groups is 1. The number of Topliss-reactive ketones (excluding diaryl/α,β-unsaturated/α-hetero) is 2. The van der Waals surface area contributed by atoms with Crippen LogP contribution in [0.5, 0.6) is 0 Å². The van der Waals surface area contributed by atoms with Gasteiger partial charge in [0.05, 0.1) is 5.75 Å². The van der Waals surface area contributed by atoms with E-state index < -0.39 is 0 Å². The molecular formula is C13H19NO4S. The number of carbonyl (C=O) groups is 4. The van der Waals surface area contributed by atoms with Crippen LogP contribution in [0.25, 0.3) is 0 Å². The van der Waals surface area contributed by atoms with Crippen LogP contribution in [0.1, 0.15) is 45.4 Å². The molecule has 0 radical (unpaired) electrons. The highest BCUT2D eigenvalue weighted by atomic mass is 32.2. The van der Waals surface area contributed by atoms with E-state index in [0.717, 1.165) is 11.8 Å². The molecule has 1 saturated heterocycles. The highest BCUT2D eigenvalue weighted by molar-refractivity contribution is 8.14. The van der Waals surface area contributed by atoms with E-state index in [-0.39, 0.29) is 28.5 Å². The minimum atomic E-state index is -0.217. The lowest BCUT2D eigenvalue weighted by Gasteiger charge is -2.11. The molecule has 0 unspecified atom stereocenters. The monoisotopic (exact) mass is 285 g/mol. The van der Waals surface area contributed by atoms with Gasteiger partial charge in [0.1, 0.15) is 11.6 Å². The average Bonchev–Trinajstić information content (AvgIpc) is 2.70. The van der Waals surface area contributed by atoms with Crippen molar-refractivity contribution in [2.24, 2.45) is 0 Å². The lowest BCUT2D eigenvalue weighted by molar-refractivity contribution is -0.125. The molecule has 2 amide bonds. The van der Waals surface area contributed by atoms with Gasteiger partial charge in [-0.2, -0.15) is 0 Å². The highest BCUT2D eigenvalue weighted by Crippen LogP contribution is 2.19. The van der Waals surface area contributed by atoms with Gasteiger partial charge in [0, 0.05) is 32.2 Å². The van der Waals surface area contributed by atoms with Gasteiger partial charge in [-0.05, 0) is 12.8 Å². The van der Waals surface area contributed by atoms with E-state index in [0.29, 0.717) is 45.1 Å². The van der Waals surface area contributed by atoms with E-state index in [1.807, 2.05) is 6.92 Å². The fourth-order valence-electron chi connectivity index (χ4n) is 1.82. The molecule has 1 heterocycles. The molecule has 0 aromatic heterocycles. The van der Waals surface area contributed by atoms with Crippen LogP contribution < -0.4 is 0 Å². The van der Waals surface area contributed by atoms with Crippen LogP contribution in [0.15, 0.2) is 0 Å². The fraction of sp³-hybridized carbons (Fsp3) is 0.692. The third-order valence-corrected chi connectivity index (χ3v) is 3.84. The number of carbonyl (C=O) groups excluding carboxylic acids is 4. The van der Waals surface area contributed by atoms with Crippen LogP contribution in [0.4, 0.5) is 4.79 Å². The highest BCUT2D eigenvalue weighted by Gasteiger charge is 2.29. The van der Waals surface area contributed by atoms with E-state index in [1.54, 1.807) is 0 Å². The minimum absolute atomic E-state index is 0.0932. The summed E-state index contributed by atoms with van der Waals surface area (Å²) < 4.78 is 0. The van der Waals surface area contributed by atoms with Gasteiger partial charge in [-0.25, -0.2) is 0 Å². The Morgan fingerprint density at radius 1 is 1.11 bits per heavy atom. The molecule has 1 aliphatic heterocycles. The van der Waals surface area contributed by atoms with Crippen LogP contribution in [-0.4, -0.2) is 39.9 Å². The molecule has 1 fully saturated rings. The van der Waals surface area contributed by atoms with E-state index >= 15 is 0 Å². The maximum Gasteiger partial charge on any atom is 0.288 e. The predicted molar refractivity (Wildman–Crippen MR) is 73.0 cm³/mol. The Hall–Kier alpha value is -1.17. The van der Waals surface area contributed by atoms with Crippen molar-refractivity contribution in [3.8, 4) is 0 Å². The summed E-state index contributed by atoms with van der Waals surface area (Å²) in [4.78, 5) is 46.4. The Morgan fingerprint density at radius 2 is 1.74 bits per heavy atom. The van der Waals surface area contributed by atoms with Crippen molar-refractivity contribution in [1.29, 1.82) is 0 Å². The third kappa shape index (κ3) is 5.55. The molecule has 0 aromatic carbocycles. The number of hydrogen-bond donors (Lipinski definition) is 0. The van der Waals surface area contributed by atoms with Crippen molar-refractivity contribution in [2.75, 3.05) is 12.3 Å². The first-order chi connectivity index (χ1) is 9.04. The van der Waals surface area contributed by atoms with Gasteiger partial charge in [-0.1, -0.05) is 18.7 Å². The van der Waals surface area contributed by atoms with E-state index in [4.69, 9.17) is 0 Å². The quantitative estimate of drug-likeness (QED) is 0.649. The summed E-state index contributed by atoms with van der Waals surface area (Å²) in [7, 11) is 0. The zero-order valence-electron chi connectivity index (χ0n) is 11.1. The van der Waals surface area contributed by atoms with Gasteiger partial charge in [-0.3, -0.25) is 24.1 Å². The van der Waals surface area contributed by atoms with E-state index in [1.165, 1.54) is 4.90 Å². The number of hydrogen-bond acceptors (Lipinski definition) is 5. The number of nitrogens with zero attached hydrogens (tertiary/aromatic N) is 1. The van der Waals surface area contributed by atoms with Crippen molar-refractivity contribution in [2.45, 2.75) is 45.4 Å². The molecule has 19 heavy (non-hydrogen) atoms. The third-order valence-electron chi connectivity index (χ3n) is 2.98. The maximum absolute atomic E-state index is 11.5. The second kappa shape index (κ2) is 8.09. The van der Waals surface area contributed by atoms with Crippen LogP contribution >= 0.6 is 11.8 Å². The Balaban J connectivity index is 2.12. The normalized spacial score (nSPS) is 15.1. The van der Waals surface area contributed by atoms with Gasteiger partial charge in [0.25, 0.3) is 5.24 Å². The zero-order valence-corrected chi connectivity index (χ0v) is 12.0. The molecule has 5 nitrogen and oxygen atoms in total. The van der Waals surface area contributed by atoms with Gasteiger partial charge < -0.3 is 0 Å². The van der Waals surface area contributed by atoms with Crippen molar-refractivity contribution >= 4 is 34.5 Å². The molecule has 1 aliphatic rings. The molecule has 6 heteroatoms.